The van der Waals surface area contributed by atoms with Gasteiger partial charge in [-0.15, -0.1) is 0 Å². The van der Waals surface area contributed by atoms with E-state index in [0.29, 0.717) is 0 Å². The lowest BCUT2D eigenvalue weighted by atomic mass is 10.1. The summed E-state index contributed by atoms with van der Waals surface area (Å²) in [6.45, 7) is 2.06. The van der Waals surface area contributed by atoms with E-state index >= 15 is 0 Å². The van der Waals surface area contributed by atoms with Gasteiger partial charge in [-0.25, -0.2) is 0 Å². The molecular weight excluding hydrogens is 195 g/mol. The number of ether oxygens (including phenoxy) is 2. The zero-order chi connectivity index (χ0) is 9.84. The first-order chi connectivity index (χ1) is 6.13. The SMILES string of the molecule is COC1CC(C)OC1CO[PH](=O)O. The molecule has 0 radical (unpaired) electrons. The van der Waals surface area contributed by atoms with Gasteiger partial charge in [-0.05, 0) is 6.92 Å². The van der Waals surface area contributed by atoms with Crippen LogP contribution in [0.3, 0.4) is 0 Å². The minimum absolute atomic E-state index is 0.0312. The molecule has 1 heterocycles. The molecule has 0 aromatic rings. The van der Waals surface area contributed by atoms with Crippen molar-refractivity contribution in [1.82, 2.24) is 0 Å². The summed E-state index contributed by atoms with van der Waals surface area (Å²) < 4.78 is 25.5. The maximum Gasteiger partial charge on any atom is 0.316 e. The molecular formula is C7H15O5P. The molecule has 1 saturated heterocycles. The molecule has 4 atom stereocenters. The van der Waals surface area contributed by atoms with Crippen molar-refractivity contribution in [2.75, 3.05) is 13.7 Å². The minimum atomic E-state index is -2.86. The van der Waals surface area contributed by atoms with E-state index < -0.39 is 8.25 Å². The molecule has 1 fully saturated rings. The largest absolute Gasteiger partial charge is 0.379 e. The molecule has 0 aliphatic carbocycles. The highest BCUT2D eigenvalue weighted by Gasteiger charge is 2.33. The van der Waals surface area contributed by atoms with Gasteiger partial charge in [0.1, 0.15) is 6.10 Å². The normalized spacial score (nSPS) is 36.4. The summed E-state index contributed by atoms with van der Waals surface area (Å²) in [6.07, 6.45) is 0.675. The lowest BCUT2D eigenvalue weighted by Crippen LogP contribution is -2.27. The van der Waals surface area contributed by atoms with Gasteiger partial charge in [-0.3, -0.25) is 4.57 Å². The summed E-state index contributed by atoms with van der Waals surface area (Å²) in [5.41, 5.74) is 0. The van der Waals surface area contributed by atoms with E-state index in [-0.39, 0.29) is 24.9 Å². The Morgan fingerprint density at radius 1 is 1.69 bits per heavy atom. The Kier molecular flexibility index (Phi) is 4.35. The molecule has 5 nitrogen and oxygen atoms in total. The Bertz CT molecular complexity index is 186. The van der Waals surface area contributed by atoms with Crippen LogP contribution >= 0.6 is 8.25 Å². The van der Waals surface area contributed by atoms with E-state index in [1.54, 1.807) is 7.11 Å². The van der Waals surface area contributed by atoms with E-state index in [1.807, 2.05) is 6.92 Å². The summed E-state index contributed by atoms with van der Waals surface area (Å²) in [4.78, 5) is 8.47. The van der Waals surface area contributed by atoms with Gasteiger partial charge in [0.05, 0.1) is 18.8 Å². The van der Waals surface area contributed by atoms with Gasteiger partial charge in [0.25, 0.3) is 0 Å². The summed E-state index contributed by atoms with van der Waals surface area (Å²) >= 11 is 0. The molecule has 4 unspecified atom stereocenters. The third kappa shape index (κ3) is 3.37. The van der Waals surface area contributed by atoms with E-state index in [1.165, 1.54) is 0 Å². The second-order valence-corrected chi connectivity index (χ2v) is 3.89. The molecule has 0 saturated carbocycles. The van der Waals surface area contributed by atoms with Crippen molar-refractivity contribution < 1.29 is 23.5 Å². The van der Waals surface area contributed by atoms with Crippen molar-refractivity contribution in [3.8, 4) is 0 Å². The average Bonchev–Trinajstić information content (AvgIpc) is 2.42. The Hall–Kier alpha value is 0.0700. The van der Waals surface area contributed by atoms with Crippen LogP contribution in [-0.4, -0.2) is 36.9 Å². The topological polar surface area (TPSA) is 65.0 Å². The van der Waals surface area contributed by atoms with Crippen molar-refractivity contribution >= 4 is 8.25 Å². The van der Waals surface area contributed by atoms with Gasteiger partial charge in [-0.2, -0.15) is 0 Å². The molecule has 0 amide bonds. The standard InChI is InChI=1S/C7H15O5P/c1-5-3-6(10-2)7(12-5)4-11-13(8)9/h5-7,13H,3-4H2,1-2H3,(H,8,9). The zero-order valence-corrected chi connectivity index (χ0v) is 8.73. The van der Waals surface area contributed by atoms with Gasteiger partial charge in [0, 0.05) is 13.5 Å². The second-order valence-electron chi connectivity index (χ2n) is 3.07. The molecule has 0 aromatic carbocycles. The molecule has 0 bridgehead atoms. The van der Waals surface area contributed by atoms with Gasteiger partial charge in [0.15, 0.2) is 0 Å². The van der Waals surface area contributed by atoms with E-state index in [4.69, 9.17) is 14.4 Å². The Morgan fingerprint density at radius 3 is 2.92 bits per heavy atom. The van der Waals surface area contributed by atoms with Crippen molar-refractivity contribution in [3.63, 3.8) is 0 Å². The molecule has 6 heteroatoms. The van der Waals surface area contributed by atoms with Crippen LogP contribution in [0.1, 0.15) is 13.3 Å². The van der Waals surface area contributed by atoms with Gasteiger partial charge >= 0.3 is 8.25 Å². The highest BCUT2D eigenvalue weighted by atomic mass is 31.1. The van der Waals surface area contributed by atoms with Crippen LogP contribution in [0.15, 0.2) is 0 Å². The van der Waals surface area contributed by atoms with E-state index in [2.05, 4.69) is 4.52 Å². The maximum atomic E-state index is 10.3. The molecule has 1 aliphatic rings. The van der Waals surface area contributed by atoms with Crippen LogP contribution in [0.25, 0.3) is 0 Å². The molecule has 1 N–H and O–H groups in total. The first-order valence-corrected chi connectivity index (χ1v) is 5.44. The number of hydrogen-bond acceptors (Lipinski definition) is 4. The third-order valence-electron chi connectivity index (χ3n) is 2.06. The smallest absolute Gasteiger partial charge is 0.316 e. The van der Waals surface area contributed by atoms with Gasteiger partial charge < -0.3 is 18.9 Å². The van der Waals surface area contributed by atoms with Crippen LogP contribution < -0.4 is 0 Å². The highest BCUT2D eigenvalue weighted by molar-refractivity contribution is 7.32. The lowest BCUT2D eigenvalue weighted by molar-refractivity contribution is -0.0250. The molecule has 0 spiro atoms. The Balaban J connectivity index is 2.35. The molecule has 78 valence electrons. The minimum Gasteiger partial charge on any atom is -0.379 e. The molecule has 13 heavy (non-hydrogen) atoms. The summed E-state index contributed by atoms with van der Waals surface area (Å²) in [7, 11) is -1.26. The van der Waals surface area contributed by atoms with Crippen molar-refractivity contribution in [2.24, 2.45) is 0 Å². The quantitative estimate of drug-likeness (QED) is 0.687. The zero-order valence-electron chi connectivity index (χ0n) is 7.73. The highest BCUT2D eigenvalue weighted by Crippen LogP contribution is 2.25. The first kappa shape index (κ1) is 11.1. The van der Waals surface area contributed by atoms with Crippen molar-refractivity contribution in [3.05, 3.63) is 0 Å². The third-order valence-corrected chi connectivity index (χ3v) is 2.47. The predicted molar refractivity (Wildman–Crippen MR) is 46.9 cm³/mol. The predicted octanol–water partition coefficient (Wildman–Crippen LogP) is 0.577. The van der Waals surface area contributed by atoms with Crippen LogP contribution in [-0.2, 0) is 18.6 Å². The van der Waals surface area contributed by atoms with Gasteiger partial charge in [0.2, 0.25) is 0 Å². The van der Waals surface area contributed by atoms with Crippen LogP contribution in [0.4, 0.5) is 0 Å². The van der Waals surface area contributed by atoms with Crippen LogP contribution in [0.2, 0.25) is 0 Å². The summed E-state index contributed by atoms with van der Waals surface area (Å²) in [6, 6.07) is 0. The fourth-order valence-electron chi connectivity index (χ4n) is 1.47. The van der Waals surface area contributed by atoms with E-state index in [9.17, 15) is 4.57 Å². The van der Waals surface area contributed by atoms with Gasteiger partial charge in [-0.1, -0.05) is 0 Å². The summed E-state index contributed by atoms with van der Waals surface area (Å²) in [5, 5.41) is 0. The number of rotatable bonds is 4. The average molecular weight is 210 g/mol. The lowest BCUT2D eigenvalue weighted by Gasteiger charge is -2.15. The molecule has 0 aromatic heterocycles. The number of hydrogen-bond donors (Lipinski definition) is 1. The Labute approximate surface area is 77.9 Å². The summed E-state index contributed by atoms with van der Waals surface area (Å²) in [5.74, 6) is 0. The monoisotopic (exact) mass is 210 g/mol. The first-order valence-electron chi connectivity index (χ1n) is 4.17. The van der Waals surface area contributed by atoms with Crippen LogP contribution in [0.5, 0.6) is 0 Å². The Morgan fingerprint density at radius 2 is 2.38 bits per heavy atom. The van der Waals surface area contributed by atoms with Crippen molar-refractivity contribution in [2.45, 2.75) is 31.7 Å². The second kappa shape index (κ2) is 5.08. The maximum absolute atomic E-state index is 10.3. The van der Waals surface area contributed by atoms with Crippen LogP contribution in [0, 0.1) is 0 Å². The fourth-order valence-corrected chi connectivity index (χ4v) is 1.78. The number of methoxy groups -OCH3 is 1. The fraction of sp³-hybridized carbons (Fsp3) is 1.00. The van der Waals surface area contributed by atoms with Crippen molar-refractivity contribution in [1.29, 1.82) is 0 Å². The van der Waals surface area contributed by atoms with E-state index in [0.717, 1.165) is 6.42 Å². The molecule has 1 aliphatic heterocycles. The molecule has 1 rings (SSSR count).